The number of para-hydroxylation sites is 1. The molecule has 9 heterocycles. The third-order valence-electron chi connectivity index (χ3n) is 20.6. The molecule has 1 fully saturated rings. The molecule has 17 nitrogen and oxygen atoms in total. The molecular formula is C108H101N10O7+3. The SMILES string of the molecule is C[n+]1ccc2c([O-])cccc2c1.C[n+]1cccc2cc(O)ccc21.C[n+]1cccc2cccc([O-])c21.C[n+]1ccccc1CCc1cccc([O-])c1.Oc1ccc(-[n+]2ccccc2)c2ccccc12.[O-]c1ccc(-[n+]2ccccc2)cc1.[O-]c1ccc(-c2ccc(-[n+]3ccccc3)cc2)cc1.c1cc[n+](C2CCCC2)cc1.c1ccc([N-][n+]2ccccc2)cc1. The summed E-state index contributed by atoms with van der Waals surface area (Å²) in [7, 11) is 7.85. The first-order valence-corrected chi connectivity index (χ1v) is 41.4. The second-order valence-electron chi connectivity index (χ2n) is 29.5. The fourth-order valence-corrected chi connectivity index (χ4v) is 14.1. The largest absolute Gasteiger partial charge is 0.872 e. The fraction of sp³-hybridized carbons (Fsp3) is 0.102. The van der Waals surface area contributed by atoms with E-state index in [-0.39, 0.29) is 28.7 Å². The summed E-state index contributed by atoms with van der Waals surface area (Å²) in [5.74, 6) is 0.980. The number of hydrogen-bond acceptors (Lipinski definition) is 7. The molecule has 10 aromatic carbocycles. The van der Waals surface area contributed by atoms with Crippen molar-refractivity contribution in [2.75, 3.05) is 0 Å². The first-order valence-electron chi connectivity index (χ1n) is 41.4. The molecule has 0 amide bonds. The van der Waals surface area contributed by atoms with Crippen molar-refractivity contribution in [2.45, 2.75) is 44.6 Å². The Hall–Kier alpha value is -16.0. The van der Waals surface area contributed by atoms with E-state index in [1.165, 1.54) is 31.4 Å². The second kappa shape index (κ2) is 46.0. The lowest BCUT2D eigenvalue weighted by Gasteiger charge is -2.12. The van der Waals surface area contributed by atoms with Crippen LogP contribution in [0.3, 0.4) is 0 Å². The van der Waals surface area contributed by atoms with Gasteiger partial charge >= 0.3 is 0 Å². The van der Waals surface area contributed by atoms with Gasteiger partial charge in [-0.25, -0.2) is 27.5 Å². The molecule has 0 atom stereocenters. The van der Waals surface area contributed by atoms with Crippen LogP contribution in [0.1, 0.15) is 43.0 Å². The molecule has 20 rings (SSSR count). The molecule has 0 radical (unpaired) electrons. The molecule has 622 valence electrons. The van der Waals surface area contributed by atoms with E-state index >= 15 is 0 Å². The number of aryl methyl sites for hydroxylation is 6. The van der Waals surface area contributed by atoms with Crippen molar-refractivity contribution in [3.8, 4) is 68.4 Å². The lowest BCUT2D eigenvalue weighted by atomic mass is 10.1. The quantitative estimate of drug-likeness (QED) is 0.127. The average Bonchev–Trinajstić information content (AvgIpc) is 1.15. The van der Waals surface area contributed by atoms with Gasteiger partial charge in [0.05, 0.1) is 5.39 Å². The van der Waals surface area contributed by atoms with Gasteiger partial charge in [0.2, 0.25) is 28.1 Å². The zero-order chi connectivity index (χ0) is 87.3. The van der Waals surface area contributed by atoms with Crippen LogP contribution >= 0.6 is 0 Å². The van der Waals surface area contributed by atoms with Crippen LogP contribution in [-0.2, 0) is 41.0 Å². The second-order valence-corrected chi connectivity index (χ2v) is 29.5. The summed E-state index contributed by atoms with van der Waals surface area (Å²) in [4.78, 5) is 0. The maximum Gasteiger partial charge on any atom is 0.218 e. The van der Waals surface area contributed by atoms with Gasteiger partial charge in [-0.15, -0.1) is 23.0 Å². The predicted octanol–water partition coefficient (Wildman–Crippen LogP) is 15.3. The summed E-state index contributed by atoms with van der Waals surface area (Å²) < 4.78 is 18.1. The number of fused-ring (bicyclic) bond motifs is 4. The maximum absolute atomic E-state index is 11.4. The number of phenols is 2. The van der Waals surface area contributed by atoms with Crippen LogP contribution < -0.4 is 66.7 Å². The standard InChI is InChI=1S/C17H13NO.C15H11NO.C14H15NO.C11H10N2.C11H9NO.3C10H9NO.C10H14N/c19-17-10-6-15(7-11-17)14-4-8-16(9-5-14)18-12-2-1-3-13-18;17-15-9-8-14(16-10-4-1-5-11-16)12-6-2-3-7-13(12)15;1-15-10-3-2-6-13(15)9-8-12-5-4-7-14(16)11-12;1-3-7-11(8-4-1)12-13-9-5-2-6-10-13;13-11-6-4-10(5-7-11)12-8-2-1-3-9-12;1-11-7-3-5-8-4-2-6-9(12)10(8)11;1-11-6-2-3-8-7-9(12)4-5-10(8)11;1-11-6-5-9-8(7-11)3-2-4-10(9)12;1-4-8-11(9-5-1)10-6-2-3-7-10/h1-13H;1-11H;2-7,10-11H,8-9H2,1H3;1-10H;1-9H;3*2-7H,1H3;1,4-5,8-10H,2-3,6-7H2/q;;;;;;;;+1/p+2. The Bertz CT molecular complexity index is 6340. The Morgan fingerprint density at radius 1 is 0.336 bits per heavy atom. The zero-order valence-corrected chi connectivity index (χ0v) is 70.5. The van der Waals surface area contributed by atoms with Gasteiger partial charge in [-0.1, -0.05) is 176 Å². The van der Waals surface area contributed by atoms with E-state index in [1.807, 2.05) is 362 Å². The first kappa shape index (κ1) is 88.3. The summed E-state index contributed by atoms with van der Waals surface area (Å²) in [6.45, 7) is 0. The van der Waals surface area contributed by atoms with E-state index in [4.69, 9.17) is 0 Å². The number of aromatic nitrogens is 9. The summed E-state index contributed by atoms with van der Waals surface area (Å²) in [5.41, 5.74) is 14.9. The predicted molar refractivity (Wildman–Crippen MR) is 480 cm³/mol. The van der Waals surface area contributed by atoms with Gasteiger partial charge in [-0.2, -0.15) is 13.7 Å². The first-order chi connectivity index (χ1) is 61.0. The minimum Gasteiger partial charge on any atom is -0.872 e. The van der Waals surface area contributed by atoms with E-state index in [2.05, 4.69) is 80.1 Å². The molecule has 1 saturated carbocycles. The number of hydrogen-bond donors (Lipinski definition) is 2. The normalized spacial score (nSPS) is 11.0. The highest BCUT2D eigenvalue weighted by atomic mass is 16.3. The van der Waals surface area contributed by atoms with Crippen molar-refractivity contribution in [3.05, 3.63) is 468 Å². The number of nitrogens with zero attached hydrogens (tertiary/aromatic N) is 10. The van der Waals surface area contributed by atoms with Gasteiger partial charge in [0, 0.05) is 168 Å². The van der Waals surface area contributed by atoms with Crippen molar-refractivity contribution in [3.63, 3.8) is 0 Å². The monoisotopic (exact) mass is 1650 g/mol. The minimum absolute atomic E-state index is 0.0419. The molecule has 1 aliphatic rings. The van der Waals surface area contributed by atoms with E-state index < -0.39 is 0 Å². The van der Waals surface area contributed by atoms with Crippen LogP contribution in [0.2, 0.25) is 0 Å². The molecule has 0 saturated heterocycles. The van der Waals surface area contributed by atoms with Crippen LogP contribution in [0, 0.1) is 0 Å². The molecule has 9 aromatic heterocycles. The average molecular weight is 1650 g/mol. The van der Waals surface area contributed by atoms with Crippen molar-refractivity contribution in [1.82, 2.24) is 0 Å². The van der Waals surface area contributed by atoms with Gasteiger partial charge in [0.15, 0.2) is 105 Å². The van der Waals surface area contributed by atoms with E-state index in [9.17, 15) is 35.7 Å². The highest BCUT2D eigenvalue weighted by molar-refractivity contribution is 5.93. The van der Waals surface area contributed by atoms with Gasteiger partial charge in [0.25, 0.3) is 0 Å². The zero-order valence-electron chi connectivity index (χ0n) is 70.5. The van der Waals surface area contributed by atoms with Gasteiger partial charge in [-0.05, 0) is 108 Å². The Kier molecular flexibility index (Phi) is 32.5. The molecule has 125 heavy (non-hydrogen) atoms. The van der Waals surface area contributed by atoms with Crippen molar-refractivity contribution in [1.29, 1.82) is 0 Å². The lowest BCUT2D eigenvalue weighted by Crippen LogP contribution is -2.36. The molecular weight excluding hydrogens is 1550 g/mol. The number of phenolic OH excluding ortho intramolecular Hbond substituents is 2. The Morgan fingerprint density at radius 2 is 0.832 bits per heavy atom. The topological polar surface area (TPSA) is 205 Å². The summed E-state index contributed by atoms with van der Waals surface area (Å²) in [5, 5.41) is 80.6. The van der Waals surface area contributed by atoms with Crippen LogP contribution in [0.4, 0.5) is 5.69 Å². The van der Waals surface area contributed by atoms with Crippen LogP contribution in [0.5, 0.6) is 40.2 Å². The molecule has 0 aliphatic heterocycles. The minimum atomic E-state index is 0.0419. The Labute approximate surface area is 730 Å². The van der Waals surface area contributed by atoms with Crippen molar-refractivity contribution in [2.24, 2.45) is 28.2 Å². The van der Waals surface area contributed by atoms with E-state index in [1.54, 1.807) is 83.5 Å². The van der Waals surface area contributed by atoms with E-state index in [0.717, 1.165) is 102 Å². The van der Waals surface area contributed by atoms with Gasteiger partial charge < -0.3 is 41.2 Å². The number of pyridine rings is 9. The smallest absolute Gasteiger partial charge is 0.218 e. The molecule has 1 aliphatic carbocycles. The molecule has 17 heteroatoms. The fourth-order valence-electron chi connectivity index (χ4n) is 14.1. The van der Waals surface area contributed by atoms with E-state index in [0.29, 0.717) is 11.5 Å². The Balaban J connectivity index is 0.000000129. The van der Waals surface area contributed by atoms with Gasteiger partial charge in [-0.3, -0.25) is 0 Å². The number of rotatable bonds is 10. The van der Waals surface area contributed by atoms with Crippen molar-refractivity contribution >= 4 is 49.0 Å². The van der Waals surface area contributed by atoms with Crippen LogP contribution in [0.15, 0.2) is 451 Å². The molecule has 0 unspecified atom stereocenters. The summed E-state index contributed by atoms with van der Waals surface area (Å²) in [6.07, 6.45) is 37.2. The molecule has 19 aromatic rings. The van der Waals surface area contributed by atoms with Gasteiger partial charge in [0.1, 0.15) is 39.7 Å². The highest BCUT2D eigenvalue weighted by Crippen LogP contribution is 2.29. The third-order valence-corrected chi connectivity index (χ3v) is 20.6. The van der Waals surface area contributed by atoms with Crippen LogP contribution in [0.25, 0.3) is 77.0 Å². The summed E-state index contributed by atoms with van der Waals surface area (Å²) in [6, 6.07) is 113. The van der Waals surface area contributed by atoms with Crippen LogP contribution in [-0.4, -0.2) is 10.2 Å². The molecule has 0 spiro atoms. The highest BCUT2D eigenvalue weighted by Gasteiger charge is 2.22. The molecule has 2 N–H and O–H groups in total. The summed E-state index contributed by atoms with van der Waals surface area (Å²) >= 11 is 0. The number of aromatic hydroxyl groups is 2. The maximum atomic E-state index is 11.4. The number of benzene rings is 10. The lowest BCUT2D eigenvalue weighted by molar-refractivity contribution is -0.721. The third kappa shape index (κ3) is 26.7. The van der Waals surface area contributed by atoms with Crippen molar-refractivity contribution < 1.29 is 77.0 Å². The Morgan fingerprint density at radius 3 is 1.45 bits per heavy atom. The molecule has 0 bridgehead atoms.